The smallest absolute Gasteiger partial charge is 0.263 e. The molecule has 0 bridgehead atoms. The first-order chi connectivity index (χ1) is 9.51. The molecule has 0 radical (unpaired) electrons. The number of aromatic nitrogens is 2. The fourth-order valence-electron chi connectivity index (χ4n) is 1.44. The summed E-state index contributed by atoms with van der Waals surface area (Å²) in [6, 6.07) is 8.88. The summed E-state index contributed by atoms with van der Waals surface area (Å²) in [5.41, 5.74) is 6.01. The minimum Gasteiger partial charge on any atom is -0.477 e. The van der Waals surface area contributed by atoms with Crippen LogP contribution in [-0.4, -0.2) is 25.2 Å². The van der Waals surface area contributed by atoms with Crippen molar-refractivity contribution < 1.29 is 13.2 Å². The van der Waals surface area contributed by atoms with E-state index >= 15 is 0 Å². The van der Waals surface area contributed by atoms with E-state index in [9.17, 15) is 8.42 Å². The molecule has 106 valence electrons. The topological polar surface area (TPSA) is 107 Å². The fraction of sp³-hybridized carbons (Fsp3) is 0.167. The van der Waals surface area contributed by atoms with Crippen molar-refractivity contribution in [2.45, 2.75) is 11.8 Å². The molecule has 0 saturated heterocycles. The van der Waals surface area contributed by atoms with Gasteiger partial charge >= 0.3 is 0 Å². The SMILES string of the molecule is CCOc1ccc(NS(=O)(=O)[13c]2[13cH][13cH][13c](N)[13cH][13cH]2)nn1. The molecule has 0 unspecified atom stereocenters. The number of nitrogens with two attached hydrogens (primary N) is 1. The minimum atomic E-state index is -3.70. The highest BCUT2D eigenvalue weighted by Crippen LogP contribution is 2.16. The van der Waals surface area contributed by atoms with E-state index in [0.717, 1.165) is 0 Å². The van der Waals surface area contributed by atoms with Crippen LogP contribution >= 0.6 is 0 Å². The van der Waals surface area contributed by atoms with Gasteiger partial charge in [0.25, 0.3) is 10.0 Å². The maximum absolute atomic E-state index is 12.1. The lowest BCUT2D eigenvalue weighted by molar-refractivity contribution is 0.323. The number of hydrogen-bond donors (Lipinski definition) is 2. The van der Waals surface area contributed by atoms with E-state index < -0.39 is 10.0 Å². The number of benzene rings is 1. The Morgan fingerprint density at radius 3 is 2.40 bits per heavy atom. The number of sulfonamides is 1. The van der Waals surface area contributed by atoms with Crippen LogP contribution in [0.3, 0.4) is 0 Å². The molecule has 1 heterocycles. The lowest BCUT2D eigenvalue weighted by atomic mass is 10.5. The molecule has 0 fully saturated rings. The van der Waals surface area contributed by atoms with Crippen LogP contribution in [0.4, 0.5) is 11.5 Å². The Hall–Kier alpha value is -2.35. The average molecular weight is 300 g/mol. The van der Waals surface area contributed by atoms with Gasteiger partial charge in [-0.1, -0.05) is 0 Å². The minimum absolute atomic E-state index is 0.0994. The van der Waals surface area contributed by atoms with Gasteiger partial charge < -0.3 is 10.5 Å². The molecule has 0 aliphatic carbocycles. The number of hydrogen-bond acceptors (Lipinski definition) is 6. The quantitative estimate of drug-likeness (QED) is 0.805. The zero-order chi connectivity index (χ0) is 14.6. The molecule has 0 aliphatic heterocycles. The van der Waals surface area contributed by atoms with Crippen molar-refractivity contribution in [2.24, 2.45) is 0 Å². The summed E-state index contributed by atoms with van der Waals surface area (Å²) in [5.74, 6) is 0.452. The Morgan fingerprint density at radius 1 is 1.15 bits per heavy atom. The molecular formula is C12H14N4O3S. The third-order valence-corrected chi connectivity index (χ3v) is 3.73. The van der Waals surface area contributed by atoms with Gasteiger partial charge in [-0.25, -0.2) is 8.42 Å². The van der Waals surface area contributed by atoms with Gasteiger partial charge in [-0.15, -0.1) is 10.2 Å². The lowest BCUT2D eigenvalue weighted by Crippen LogP contribution is -2.14. The third kappa shape index (κ3) is 3.35. The van der Waals surface area contributed by atoms with E-state index in [-0.39, 0.29) is 10.7 Å². The van der Waals surface area contributed by atoms with E-state index in [1.165, 1.54) is 36.4 Å². The van der Waals surface area contributed by atoms with Crippen LogP contribution < -0.4 is 15.2 Å². The molecule has 20 heavy (non-hydrogen) atoms. The van der Waals surface area contributed by atoms with Crippen LogP contribution in [0.5, 0.6) is 5.88 Å². The van der Waals surface area contributed by atoms with Gasteiger partial charge in [0.05, 0.1) is 11.5 Å². The highest BCUT2D eigenvalue weighted by molar-refractivity contribution is 7.92. The molecule has 8 heteroatoms. The maximum atomic E-state index is 12.1. The monoisotopic (exact) mass is 300 g/mol. The van der Waals surface area contributed by atoms with Gasteiger partial charge in [-0.05, 0) is 37.3 Å². The van der Waals surface area contributed by atoms with Gasteiger partial charge in [0.15, 0.2) is 5.82 Å². The molecule has 2 aromatic rings. The second-order valence-corrected chi connectivity index (χ2v) is 5.55. The van der Waals surface area contributed by atoms with Gasteiger partial charge in [-0.3, -0.25) is 4.72 Å². The molecule has 7 nitrogen and oxygen atoms in total. The number of nitrogen functional groups attached to an aromatic ring is 1. The van der Waals surface area contributed by atoms with Crippen LogP contribution in [0.2, 0.25) is 0 Å². The van der Waals surface area contributed by atoms with E-state index in [1.54, 1.807) is 0 Å². The molecule has 1 aromatic heterocycles. The van der Waals surface area contributed by atoms with Crippen molar-refractivity contribution in [3.05, 3.63) is 36.4 Å². The van der Waals surface area contributed by atoms with Gasteiger partial charge in [-0.2, -0.15) is 0 Å². The largest absolute Gasteiger partial charge is 0.477 e. The summed E-state index contributed by atoms with van der Waals surface area (Å²) in [7, 11) is -3.70. The summed E-state index contributed by atoms with van der Waals surface area (Å²) >= 11 is 0. The number of nitrogens with zero attached hydrogens (tertiary/aromatic N) is 2. The molecule has 0 amide bonds. The van der Waals surface area contributed by atoms with Crippen molar-refractivity contribution >= 4 is 21.5 Å². The summed E-state index contributed by atoms with van der Waals surface area (Å²) < 4.78 is 31.6. The Morgan fingerprint density at radius 2 is 1.85 bits per heavy atom. The normalized spacial score (nSPS) is 11.1. The molecule has 0 spiro atoms. The van der Waals surface area contributed by atoms with E-state index in [2.05, 4.69) is 14.9 Å². The van der Waals surface area contributed by atoms with Crippen molar-refractivity contribution in [1.29, 1.82) is 0 Å². The van der Waals surface area contributed by atoms with Crippen molar-refractivity contribution in [1.82, 2.24) is 10.2 Å². The predicted molar refractivity (Wildman–Crippen MR) is 74.9 cm³/mol. The first-order valence-electron chi connectivity index (χ1n) is 5.86. The van der Waals surface area contributed by atoms with Crippen LogP contribution in [0, 0.1) is 0 Å². The second-order valence-electron chi connectivity index (χ2n) is 3.86. The lowest BCUT2D eigenvalue weighted by Gasteiger charge is -2.07. The zero-order valence-electron chi connectivity index (χ0n) is 10.8. The van der Waals surface area contributed by atoms with Crippen molar-refractivity contribution in [3.8, 4) is 5.88 Å². The average Bonchev–Trinajstić information content (AvgIpc) is 2.41. The highest BCUT2D eigenvalue weighted by Gasteiger charge is 2.14. The van der Waals surface area contributed by atoms with Crippen molar-refractivity contribution in [2.75, 3.05) is 17.1 Å². The molecule has 3 N–H and O–H groups in total. The molecular weight excluding hydrogens is 286 g/mol. The molecule has 0 saturated carbocycles. The fourth-order valence-corrected chi connectivity index (χ4v) is 2.44. The third-order valence-electron chi connectivity index (χ3n) is 2.36. The molecule has 0 aliphatic rings. The zero-order valence-corrected chi connectivity index (χ0v) is 11.6. The standard InChI is InChI=1S/C12H14N4O3S/c1-2-19-12-8-7-11(14-15-12)16-20(17,18)10-5-3-9(13)4-6-10/h3-8H,2,13H2,1H3,(H,14,16)/i3+1,4+1,5+1,6+1,9+1,10+1. The van der Waals surface area contributed by atoms with Gasteiger partial charge in [0.2, 0.25) is 5.88 Å². The van der Waals surface area contributed by atoms with Crippen LogP contribution in [0.25, 0.3) is 0 Å². The molecule has 2 rings (SSSR count). The van der Waals surface area contributed by atoms with Gasteiger partial charge in [0.1, 0.15) is 0 Å². The Labute approximate surface area is 116 Å². The van der Waals surface area contributed by atoms with Crippen LogP contribution in [0.1, 0.15) is 6.92 Å². The molecule has 0 atom stereocenters. The predicted octanol–water partition coefficient (Wildman–Crippen LogP) is 1.26. The van der Waals surface area contributed by atoms with Gasteiger partial charge in [0, 0.05) is 11.8 Å². The molecule has 1 aromatic carbocycles. The summed E-state index contributed by atoms with van der Waals surface area (Å²) in [4.78, 5) is 0.0994. The Balaban J connectivity index is 2.17. The Bertz CT molecular complexity index is 669. The second kappa shape index (κ2) is 5.74. The maximum Gasteiger partial charge on any atom is 0.263 e. The Kier molecular flexibility index (Phi) is 4.04. The van der Waals surface area contributed by atoms with Crippen molar-refractivity contribution in [3.63, 3.8) is 0 Å². The highest BCUT2D eigenvalue weighted by atomic mass is 32.2. The first-order valence-corrected chi connectivity index (χ1v) is 7.34. The summed E-state index contributed by atoms with van der Waals surface area (Å²) in [5, 5.41) is 7.48. The van der Waals surface area contributed by atoms with E-state index in [0.29, 0.717) is 18.2 Å². The number of anilines is 2. The first kappa shape index (κ1) is 14.1. The van der Waals surface area contributed by atoms with E-state index in [1.807, 2.05) is 6.92 Å². The summed E-state index contributed by atoms with van der Waals surface area (Å²) in [6.45, 7) is 2.28. The number of nitrogens with one attached hydrogen (secondary N) is 1. The van der Waals surface area contributed by atoms with E-state index in [4.69, 9.17) is 10.5 Å². The van der Waals surface area contributed by atoms with Crippen LogP contribution in [-0.2, 0) is 10.0 Å². The van der Waals surface area contributed by atoms with Crippen LogP contribution in [0.15, 0.2) is 41.3 Å². The number of rotatable bonds is 5. The number of ether oxygens (including phenoxy) is 1. The summed E-state index contributed by atoms with van der Waals surface area (Å²) in [6.07, 6.45) is 0.